The third kappa shape index (κ3) is 2.24. The van der Waals surface area contributed by atoms with Crippen LogP contribution in [0.2, 0.25) is 0 Å². The minimum atomic E-state index is 0.235. The Hall–Kier alpha value is -1.04. The first-order chi connectivity index (χ1) is 9.60. The third-order valence-corrected chi connectivity index (χ3v) is 6.72. The standard InChI is InChI=1S/C14H21N5S/c15-12-17-11(18-13(16)19-12)7-20-14-4-8-1-9(5-14)3-10(2-8)6-14/h8-10H,1-7H2,(H4,15,16,17,18,19). The van der Waals surface area contributed by atoms with E-state index in [2.05, 4.69) is 15.0 Å². The van der Waals surface area contributed by atoms with Gasteiger partial charge in [0.05, 0.1) is 5.75 Å². The van der Waals surface area contributed by atoms with Gasteiger partial charge in [-0.2, -0.15) is 15.0 Å². The monoisotopic (exact) mass is 291 g/mol. The van der Waals surface area contributed by atoms with Crippen molar-refractivity contribution < 1.29 is 0 Å². The molecule has 5 nitrogen and oxygen atoms in total. The van der Waals surface area contributed by atoms with Gasteiger partial charge in [-0.15, -0.1) is 11.8 Å². The van der Waals surface area contributed by atoms with Crippen molar-refractivity contribution in [3.05, 3.63) is 5.82 Å². The molecule has 0 spiro atoms. The Morgan fingerprint density at radius 3 is 1.90 bits per heavy atom. The van der Waals surface area contributed by atoms with Crippen LogP contribution >= 0.6 is 11.8 Å². The molecule has 4 aliphatic rings. The normalized spacial score (nSPS) is 38.3. The molecule has 6 heteroatoms. The van der Waals surface area contributed by atoms with E-state index in [0.717, 1.165) is 29.3 Å². The molecule has 1 aromatic heterocycles. The molecule has 0 saturated heterocycles. The van der Waals surface area contributed by atoms with Gasteiger partial charge < -0.3 is 11.5 Å². The lowest BCUT2D eigenvalue weighted by Crippen LogP contribution is -2.48. The summed E-state index contributed by atoms with van der Waals surface area (Å²) in [6.45, 7) is 0. The van der Waals surface area contributed by atoms with Crippen LogP contribution in [0.15, 0.2) is 0 Å². The van der Waals surface area contributed by atoms with Crippen molar-refractivity contribution in [2.75, 3.05) is 11.5 Å². The highest BCUT2D eigenvalue weighted by atomic mass is 32.2. The van der Waals surface area contributed by atoms with Crippen molar-refractivity contribution in [1.29, 1.82) is 0 Å². The van der Waals surface area contributed by atoms with Crippen LogP contribution in [0, 0.1) is 17.8 Å². The summed E-state index contributed by atoms with van der Waals surface area (Å²) in [4.78, 5) is 12.2. The lowest BCUT2D eigenvalue weighted by Gasteiger charge is -2.56. The maximum atomic E-state index is 5.64. The Morgan fingerprint density at radius 1 is 0.900 bits per heavy atom. The van der Waals surface area contributed by atoms with E-state index < -0.39 is 0 Å². The second kappa shape index (κ2) is 4.48. The molecule has 20 heavy (non-hydrogen) atoms. The molecule has 4 fully saturated rings. The molecule has 0 radical (unpaired) electrons. The predicted octanol–water partition coefficient (Wildman–Crippen LogP) is 2.24. The van der Waals surface area contributed by atoms with Crippen molar-refractivity contribution >= 4 is 23.7 Å². The summed E-state index contributed by atoms with van der Waals surface area (Å²) in [6, 6.07) is 0. The minimum absolute atomic E-state index is 0.235. The number of aromatic nitrogens is 3. The molecule has 5 rings (SSSR count). The number of nitrogen functional groups attached to an aromatic ring is 2. The molecule has 0 unspecified atom stereocenters. The minimum Gasteiger partial charge on any atom is -0.368 e. The van der Waals surface area contributed by atoms with Crippen LogP contribution in [0.3, 0.4) is 0 Å². The van der Waals surface area contributed by atoms with Gasteiger partial charge in [-0.05, 0) is 56.3 Å². The molecule has 4 aliphatic carbocycles. The summed E-state index contributed by atoms with van der Waals surface area (Å²) in [6.07, 6.45) is 8.60. The Morgan fingerprint density at radius 2 is 1.40 bits per heavy atom. The fourth-order valence-corrected chi connectivity index (χ4v) is 6.57. The zero-order valence-corrected chi connectivity index (χ0v) is 12.4. The highest BCUT2D eigenvalue weighted by Gasteiger charge is 2.51. The number of hydrogen-bond acceptors (Lipinski definition) is 6. The zero-order valence-electron chi connectivity index (χ0n) is 11.6. The van der Waals surface area contributed by atoms with Crippen LogP contribution < -0.4 is 11.5 Å². The molecular weight excluding hydrogens is 270 g/mol. The number of nitrogens with two attached hydrogens (primary N) is 2. The Kier molecular flexibility index (Phi) is 2.84. The number of rotatable bonds is 3. The fourth-order valence-electron chi connectivity index (χ4n) is 4.95. The van der Waals surface area contributed by atoms with Gasteiger partial charge in [-0.25, -0.2) is 0 Å². The first kappa shape index (κ1) is 12.7. The van der Waals surface area contributed by atoms with E-state index >= 15 is 0 Å². The number of thioether (sulfide) groups is 1. The first-order valence-corrected chi connectivity index (χ1v) is 8.49. The predicted molar refractivity (Wildman–Crippen MR) is 80.8 cm³/mol. The molecule has 0 aliphatic heterocycles. The second-order valence-electron chi connectivity index (χ2n) is 6.86. The van der Waals surface area contributed by atoms with E-state index in [9.17, 15) is 0 Å². The van der Waals surface area contributed by atoms with Crippen molar-refractivity contribution in [2.45, 2.75) is 49.0 Å². The van der Waals surface area contributed by atoms with Gasteiger partial charge in [0.2, 0.25) is 11.9 Å². The second-order valence-corrected chi connectivity index (χ2v) is 8.30. The van der Waals surface area contributed by atoms with E-state index in [1.807, 2.05) is 11.8 Å². The summed E-state index contributed by atoms with van der Waals surface area (Å²) in [7, 11) is 0. The molecule has 0 atom stereocenters. The quantitative estimate of drug-likeness (QED) is 0.887. The van der Waals surface area contributed by atoms with Crippen molar-refractivity contribution in [2.24, 2.45) is 17.8 Å². The zero-order chi connectivity index (χ0) is 13.7. The van der Waals surface area contributed by atoms with Crippen molar-refractivity contribution in [3.8, 4) is 0 Å². The summed E-state index contributed by atoms with van der Waals surface area (Å²) in [5, 5.41) is 0. The van der Waals surface area contributed by atoms with E-state index in [1.54, 1.807) is 0 Å². The molecule has 4 saturated carbocycles. The Labute approximate surface area is 123 Å². The average molecular weight is 291 g/mol. The molecule has 108 valence electrons. The first-order valence-electron chi connectivity index (χ1n) is 7.50. The van der Waals surface area contributed by atoms with Crippen LogP contribution in [-0.4, -0.2) is 19.7 Å². The maximum Gasteiger partial charge on any atom is 0.225 e. The average Bonchev–Trinajstić information content (AvgIpc) is 2.34. The van der Waals surface area contributed by atoms with Gasteiger partial charge in [-0.3, -0.25) is 0 Å². The Bertz CT molecular complexity index is 477. The number of anilines is 2. The third-order valence-electron chi connectivity index (χ3n) is 5.21. The smallest absolute Gasteiger partial charge is 0.225 e. The Balaban J connectivity index is 1.49. The SMILES string of the molecule is Nc1nc(N)nc(CSC23CC4CC(CC(C4)C2)C3)n1. The summed E-state index contributed by atoms with van der Waals surface area (Å²) >= 11 is 2.04. The van der Waals surface area contributed by atoms with Gasteiger partial charge in [0.15, 0.2) is 0 Å². The molecule has 1 aromatic rings. The van der Waals surface area contributed by atoms with Crippen LogP contribution in [0.25, 0.3) is 0 Å². The van der Waals surface area contributed by atoms with E-state index in [4.69, 9.17) is 11.5 Å². The van der Waals surface area contributed by atoms with Crippen LogP contribution in [0.5, 0.6) is 0 Å². The van der Waals surface area contributed by atoms with Crippen LogP contribution in [-0.2, 0) is 5.75 Å². The topological polar surface area (TPSA) is 90.7 Å². The van der Waals surface area contributed by atoms with Gasteiger partial charge >= 0.3 is 0 Å². The summed E-state index contributed by atoms with van der Waals surface area (Å²) in [5.74, 6) is 4.93. The molecule has 0 amide bonds. The summed E-state index contributed by atoms with van der Waals surface area (Å²) in [5.41, 5.74) is 11.3. The van der Waals surface area contributed by atoms with Gasteiger partial charge in [0.1, 0.15) is 5.82 Å². The maximum absolute atomic E-state index is 5.64. The van der Waals surface area contributed by atoms with E-state index in [1.165, 1.54) is 38.5 Å². The van der Waals surface area contributed by atoms with Gasteiger partial charge in [-0.1, -0.05) is 0 Å². The molecule has 4 bridgehead atoms. The fraction of sp³-hybridized carbons (Fsp3) is 0.786. The van der Waals surface area contributed by atoms with Crippen LogP contribution in [0.4, 0.5) is 11.9 Å². The molecule has 4 N–H and O–H groups in total. The van der Waals surface area contributed by atoms with Crippen molar-refractivity contribution in [3.63, 3.8) is 0 Å². The summed E-state index contributed by atoms with van der Waals surface area (Å²) < 4.78 is 0.477. The number of nitrogens with zero attached hydrogens (tertiary/aromatic N) is 3. The van der Waals surface area contributed by atoms with E-state index in [-0.39, 0.29) is 11.9 Å². The molecule has 1 heterocycles. The van der Waals surface area contributed by atoms with Crippen molar-refractivity contribution in [1.82, 2.24) is 15.0 Å². The number of hydrogen-bond donors (Lipinski definition) is 2. The highest BCUT2D eigenvalue weighted by Crippen LogP contribution is 2.60. The lowest BCUT2D eigenvalue weighted by molar-refractivity contribution is 0.0383. The highest BCUT2D eigenvalue weighted by molar-refractivity contribution is 7.99. The molecular formula is C14H21N5S. The lowest BCUT2D eigenvalue weighted by atomic mass is 9.56. The molecule has 0 aromatic carbocycles. The van der Waals surface area contributed by atoms with Gasteiger partial charge in [0, 0.05) is 4.75 Å². The van der Waals surface area contributed by atoms with Crippen LogP contribution in [0.1, 0.15) is 44.3 Å². The van der Waals surface area contributed by atoms with E-state index in [0.29, 0.717) is 4.75 Å². The largest absolute Gasteiger partial charge is 0.368 e. The van der Waals surface area contributed by atoms with Gasteiger partial charge in [0.25, 0.3) is 0 Å².